The Morgan fingerprint density at radius 1 is 1.19 bits per heavy atom. The lowest BCUT2D eigenvalue weighted by molar-refractivity contribution is -0.121. The summed E-state index contributed by atoms with van der Waals surface area (Å²) in [5.41, 5.74) is 1.85. The van der Waals surface area contributed by atoms with Crippen LogP contribution in [0.25, 0.3) is 0 Å². The van der Waals surface area contributed by atoms with Crippen LogP contribution in [0.3, 0.4) is 0 Å². The van der Waals surface area contributed by atoms with Crippen LogP contribution in [0, 0.1) is 11.7 Å². The fraction of sp³-hybridized carbons (Fsp3) is 0.417. The van der Waals surface area contributed by atoms with Crippen LogP contribution in [0.4, 0.5) is 4.39 Å². The standard InChI is InChI=1S/C24H31FN4O2/c1-17(20-10-11-22(21(25)14-20)31-16-19-8-9-19)29-24(26-2)27-13-12-23(30)28-15-18-6-4-3-5-7-18/h3-7,10-11,14,17,19H,8-9,12-13,15-16H2,1-2H3,(H,28,30)(H2,26,27,29). The third-order valence-corrected chi connectivity index (χ3v) is 5.18. The van der Waals surface area contributed by atoms with Crippen LogP contribution in [-0.4, -0.2) is 32.1 Å². The van der Waals surface area contributed by atoms with Gasteiger partial charge in [0, 0.05) is 26.6 Å². The van der Waals surface area contributed by atoms with Crippen molar-refractivity contribution in [1.29, 1.82) is 0 Å². The fourth-order valence-electron chi connectivity index (χ4n) is 3.06. The van der Waals surface area contributed by atoms with Gasteiger partial charge in [-0.05, 0) is 48.9 Å². The molecule has 0 aromatic heterocycles. The van der Waals surface area contributed by atoms with Gasteiger partial charge in [-0.15, -0.1) is 0 Å². The molecule has 0 bridgehead atoms. The van der Waals surface area contributed by atoms with Crippen LogP contribution in [0.5, 0.6) is 5.75 Å². The predicted molar refractivity (Wildman–Crippen MR) is 120 cm³/mol. The van der Waals surface area contributed by atoms with Gasteiger partial charge < -0.3 is 20.7 Å². The highest BCUT2D eigenvalue weighted by atomic mass is 19.1. The predicted octanol–water partition coefficient (Wildman–Crippen LogP) is 3.55. The molecule has 1 atom stereocenters. The zero-order valence-electron chi connectivity index (χ0n) is 18.2. The number of carbonyl (C=O) groups is 1. The molecule has 31 heavy (non-hydrogen) atoms. The van der Waals surface area contributed by atoms with Crippen molar-refractivity contribution in [2.45, 2.75) is 38.8 Å². The van der Waals surface area contributed by atoms with E-state index in [0.29, 0.717) is 43.7 Å². The van der Waals surface area contributed by atoms with Crippen molar-refractivity contribution in [2.24, 2.45) is 10.9 Å². The van der Waals surface area contributed by atoms with E-state index in [2.05, 4.69) is 20.9 Å². The molecule has 0 aliphatic heterocycles. The number of hydrogen-bond donors (Lipinski definition) is 3. The maximum absolute atomic E-state index is 14.3. The third-order valence-electron chi connectivity index (χ3n) is 5.18. The minimum atomic E-state index is -0.357. The van der Waals surface area contributed by atoms with Gasteiger partial charge in [0.2, 0.25) is 5.91 Å². The summed E-state index contributed by atoms with van der Waals surface area (Å²) in [6, 6.07) is 14.6. The molecule has 1 saturated carbocycles. The number of nitrogens with one attached hydrogen (secondary N) is 3. The van der Waals surface area contributed by atoms with Crippen LogP contribution in [0.2, 0.25) is 0 Å². The summed E-state index contributed by atoms with van der Waals surface area (Å²) in [6.45, 7) is 3.46. The van der Waals surface area contributed by atoms with Crippen molar-refractivity contribution in [3.05, 3.63) is 65.5 Å². The zero-order valence-corrected chi connectivity index (χ0v) is 18.2. The van der Waals surface area contributed by atoms with Crippen molar-refractivity contribution < 1.29 is 13.9 Å². The highest BCUT2D eigenvalue weighted by Gasteiger charge is 2.22. The SMILES string of the molecule is CN=C(NCCC(=O)NCc1ccccc1)NC(C)c1ccc(OCC2CC2)c(F)c1. The Labute approximate surface area is 183 Å². The maximum Gasteiger partial charge on any atom is 0.222 e. The van der Waals surface area contributed by atoms with Gasteiger partial charge in [-0.1, -0.05) is 36.4 Å². The smallest absolute Gasteiger partial charge is 0.222 e. The van der Waals surface area contributed by atoms with Gasteiger partial charge in [0.05, 0.1) is 12.6 Å². The molecule has 1 fully saturated rings. The average Bonchev–Trinajstić information content (AvgIpc) is 3.61. The van der Waals surface area contributed by atoms with Gasteiger partial charge in [0.25, 0.3) is 0 Å². The van der Waals surface area contributed by atoms with Gasteiger partial charge in [-0.2, -0.15) is 0 Å². The van der Waals surface area contributed by atoms with E-state index in [1.54, 1.807) is 13.1 Å². The van der Waals surface area contributed by atoms with Crippen molar-refractivity contribution >= 4 is 11.9 Å². The van der Waals surface area contributed by atoms with Gasteiger partial charge in [0.15, 0.2) is 17.5 Å². The molecular weight excluding hydrogens is 395 g/mol. The summed E-state index contributed by atoms with van der Waals surface area (Å²) in [5.74, 6) is 1.03. The number of benzene rings is 2. The minimum absolute atomic E-state index is 0.0382. The molecule has 1 amide bonds. The molecular formula is C24H31FN4O2. The first-order chi connectivity index (χ1) is 15.0. The molecule has 1 aliphatic carbocycles. The highest BCUT2D eigenvalue weighted by molar-refractivity contribution is 5.81. The lowest BCUT2D eigenvalue weighted by atomic mass is 10.1. The molecule has 0 saturated heterocycles. The van der Waals surface area contributed by atoms with Crippen LogP contribution < -0.4 is 20.7 Å². The van der Waals surface area contributed by atoms with E-state index in [-0.39, 0.29) is 17.8 Å². The molecule has 1 aliphatic rings. The minimum Gasteiger partial charge on any atom is -0.490 e. The third kappa shape index (κ3) is 7.59. The second-order valence-corrected chi connectivity index (χ2v) is 7.82. The molecule has 6 nitrogen and oxygen atoms in total. The van der Waals surface area contributed by atoms with E-state index in [1.807, 2.05) is 43.3 Å². The lowest BCUT2D eigenvalue weighted by Crippen LogP contribution is -2.40. The number of halogens is 1. The number of carbonyl (C=O) groups excluding carboxylic acids is 1. The molecule has 1 unspecified atom stereocenters. The normalized spacial score (nSPS) is 14.6. The van der Waals surface area contributed by atoms with E-state index >= 15 is 0 Å². The van der Waals surface area contributed by atoms with Crippen LogP contribution >= 0.6 is 0 Å². The number of nitrogens with zero attached hydrogens (tertiary/aromatic N) is 1. The van der Waals surface area contributed by atoms with E-state index in [9.17, 15) is 9.18 Å². The fourth-order valence-corrected chi connectivity index (χ4v) is 3.06. The van der Waals surface area contributed by atoms with Crippen LogP contribution in [0.1, 0.15) is 43.4 Å². The van der Waals surface area contributed by atoms with E-state index < -0.39 is 0 Å². The van der Waals surface area contributed by atoms with Gasteiger partial charge in [0.1, 0.15) is 0 Å². The largest absolute Gasteiger partial charge is 0.490 e. The summed E-state index contributed by atoms with van der Waals surface area (Å²) in [4.78, 5) is 16.2. The molecule has 3 rings (SSSR count). The first-order valence-corrected chi connectivity index (χ1v) is 10.7. The van der Waals surface area contributed by atoms with Crippen molar-refractivity contribution in [2.75, 3.05) is 20.2 Å². The maximum atomic E-state index is 14.3. The summed E-state index contributed by atoms with van der Waals surface area (Å²) < 4.78 is 19.9. The Morgan fingerprint density at radius 2 is 1.97 bits per heavy atom. The van der Waals surface area contributed by atoms with Crippen LogP contribution in [0.15, 0.2) is 53.5 Å². The summed E-state index contributed by atoms with van der Waals surface area (Å²) >= 11 is 0. The Morgan fingerprint density at radius 3 is 2.65 bits per heavy atom. The first kappa shape index (κ1) is 22.6. The quantitative estimate of drug-likeness (QED) is 0.401. The average molecular weight is 427 g/mol. The van der Waals surface area contributed by atoms with Gasteiger partial charge in [-0.3, -0.25) is 9.79 Å². The molecule has 3 N–H and O–H groups in total. The molecule has 7 heteroatoms. The first-order valence-electron chi connectivity index (χ1n) is 10.7. The Balaban J connectivity index is 1.40. The van der Waals surface area contributed by atoms with Gasteiger partial charge >= 0.3 is 0 Å². The molecule has 166 valence electrons. The molecule has 2 aromatic rings. The lowest BCUT2D eigenvalue weighted by Gasteiger charge is -2.19. The number of rotatable bonds is 10. The topological polar surface area (TPSA) is 74.8 Å². The highest BCUT2D eigenvalue weighted by Crippen LogP contribution is 2.30. The summed E-state index contributed by atoms with van der Waals surface area (Å²) in [7, 11) is 1.66. The van der Waals surface area contributed by atoms with Crippen molar-refractivity contribution in [3.8, 4) is 5.75 Å². The molecule has 0 heterocycles. The Kier molecular flexibility index (Phi) is 8.27. The number of guanidine groups is 1. The summed E-state index contributed by atoms with van der Waals surface area (Å²) in [5, 5.41) is 9.24. The number of amides is 1. The van der Waals surface area contributed by atoms with E-state index in [0.717, 1.165) is 11.1 Å². The summed E-state index contributed by atoms with van der Waals surface area (Å²) in [6.07, 6.45) is 2.66. The van der Waals surface area contributed by atoms with Gasteiger partial charge in [-0.25, -0.2) is 4.39 Å². The zero-order chi connectivity index (χ0) is 22.1. The van der Waals surface area contributed by atoms with E-state index in [4.69, 9.17) is 4.74 Å². The second-order valence-electron chi connectivity index (χ2n) is 7.82. The van der Waals surface area contributed by atoms with E-state index in [1.165, 1.54) is 18.9 Å². The monoisotopic (exact) mass is 426 g/mol. The van der Waals surface area contributed by atoms with Crippen LogP contribution in [-0.2, 0) is 11.3 Å². The molecule has 0 spiro atoms. The number of hydrogen-bond acceptors (Lipinski definition) is 3. The molecule has 2 aromatic carbocycles. The molecule has 0 radical (unpaired) electrons. The Hall–Kier alpha value is -3.09. The number of aliphatic imine (C=N–C) groups is 1. The second kappa shape index (κ2) is 11.3. The van der Waals surface area contributed by atoms with Crippen molar-refractivity contribution in [3.63, 3.8) is 0 Å². The van der Waals surface area contributed by atoms with Crippen molar-refractivity contribution in [1.82, 2.24) is 16.0 Å². The Bertz CT molecular complexity index is 884. The number of ether oxygens (including phenoxy) is 1.